The second-order valence-corrected chi connectivity index (χ2v) is 18.1. The summed E-state index contributed by atoms with van der Waals surface area (Å²) in [6, 6.07) is 47.5. The Balaban J connectivity index is 0.000000236. The number of hydrogen-bond acceptors (Lipinski definition) is 7. The minimum Gasteiger partial charge on any atom is -0.392 e. The van der Waals surface area contributed by atoms with Crippen LogP contribution in [0.2, 0.25) is 0 Å². The van der Waals surface area contributed by atoms with Crippen LogP contribution in [0.25, 0.3) is 0 Å². The van der Waals surface area contributed by atoms with Gasteiger partial charge in [-0.05, 0) is 72.6 Å². The molecular formula is C44H49NO6S2. The predicted octanol–water partition coefficient (Wildman–Crippen LogP) is 7.29. The molecule has 0 bridgehead atoms. The molecule has 1 heterocycles. The van der Waals surface area contributed by atoms with E-state index in [9.17, 15) is 27.0 Å². The van der Waals surface area contributed by atoms with Crippen LogP contribution in [-0.2, 0) is 25.2 Å². The first-order chi connectivity index (χ1) is 25.6. The van der Waals surface area contributed by atoms with Gasteiger partial charge in [-0.2, -0.15) is 0 Å². The maximum Gasteiger partial charge on any atom is 0.180 e. The van der Waals surface area contributed by atoms with Crippen LogP contribution in [0.15, 0.2) is 161 Å². The SMILES string of the molecule is O=S(=O)(C[C@@H](O)C1CCCC1)c1ccccc1.O=S(=O)(C[C@@H](O)[C@@H]1CCCN1C(c1ccccc1)(c1ccccc1)c1ccccc1)c1ccccc1. The van der Waals surface area contributed by atoms with Gasteiger partial charge in [0.2, 0.25) is 0 Å². The van der Waals surface area contributed by atoms with Crippen molar-refractivity contribution in [3.63, 3.8) is 0 Å². The maximum absolute atomic E-state index is 13.2. The minimum absolute atomic E-state index is 0.151. The van der Waals surface area contributed by atoms with E-state index in [-0.39, 0.29) is 28.4 Å². The Morgan fingerprint density at radius 1 is 0.509 bits per heavy atom. The van der Waals surface area contributed by atoms with E-state index in [1.165, 1.54) is 0 Å². The highest BCUT2D eigenvalue weighted by molar-refractivity contribution is 7.91. The van der Waals surface area contributed by atoms with E-state index in [4.69, 9.17) is 0 Å². The first-order valence-corrected chi connectivity index (χ1v) is 21.8. The van der Waals surface area contributed by atoms with Crippen molar-refractivity contribution < 1.29 is 27.0 Å². The number of sulfone groups is 2. The lowest BCUT2D eigenvalue weighted by Gasteiger charge is -2.47. The summed E-state index contributed by atoms with van der Waals surface area (Å²) in [4.78, 5) is 2.88. The topological polar surface area (TPSA) is 112 Å². The first kappa shape index (κ1) is 38.6. The van der Waals surface area contributed by atoms with Crippen LogP contribution < -0.4 is 0 Å². The molecule has 0 radical (unpaired) electrons. The highest BCUT2D eigenvalue weighted by atomic mass is 32.2. The summed E-state index contributed by atoms with van der Waals surface area (Å²) < 4.78 is 50.5. The molecule has 1 saturated carbocycles. The summed E-state index contributed by atoms with van der Waals surface area (Å²) in [5.41, 5.74) is 2.59. The van der Waals surface area contributed by atoms with E-state index < -0.39 is 37.4 Å². The molecule has 2 fully saturated rings. The van der Waals surface area contributed by atoms with Crippen molar-refractivity contribution in [1.82, 2.24) is 4.90 Å². The van der Waals surface area contributed by atoms with E-state index in [1.54, 1.807) is 60.7 Å². The van der Waals surface area contributed by atoms with Crippen LogP contribution in [-0.4, -0.2) is 68.2 Å². The van der Waals surface area contributed by atoms with Gasteiger partial charge in [0.05, 0.1) is 39.0 Å². The van der Waals surface area contributed by atoms with Gasteiger partial charge >= 0.3 is 0 Å². The van der Waals surface area contributed by atoms with Gasteiger partial charge in [-0.15, -0.1) is 0 Å². The lowest BCUT2D eigenvalue weighted by Crippen LogP contribution is -2.54. The van der Waals surface area contributed by atoms with Crippen molar-refractivity contribution in [2.75, 3.05) is 18.1 Å². The number of benzene rings is 5. The average molecular weight is 752 g/mol. The number of aliphatic hydroxyl groups excluding tert-OH is 2. The molecule has 1 aliphatic carbocycles. The van der Waals surface area contributed by atoms with E-state index in [2.05, 4.69) is 41.3 Å². The fourth-order valence-corrected chi connectivity index (χ4v) is 11.1. The van der Waals surface area contributed by atoms with E-state index in [1.807, 2.05) is 54.6 Å². The van der Waals surface area contributed by atoms with Gasteiger partial charge in [-0.3, -0.25) is 4.90 Å². The highest BCUT2D eigenvalue weighted by Crippen LogP contribution is 2.46. The second-order valence-electron chi connectivity index (χ2n) is 14.1. The highest BCUT2D eigenvalue weighted by Gasteiger charge is 2.49. The van der Waals surface area contributed by atoms with Crippen molar-refractivity contribution in [2.24, 2.45) is 5.92 Å². The molecular weight excluding hydrogens is 703 g/mol. The Hall–Kier alpha value is -4.12. The molecule has 9 heteroatoms. The molecule has 2 N–H and O–H groups in total. The van der Waals surface area contributed by atoms with Gasteiger partial charge < -0.3 is 10.2 Å². The molecule has 278 valence electrons. The first-order valence-electron chi connectivity index (χ1n) is 18.5. The summed E-state index contributed by atoms with van der Waals surface area (Å²) in [7, 11) is -6.98. The zero-order chi connectivity index (χ0) is 37.3. The Kier molecular flexibility index (Phi) is 12.6. The molecule has 5 aromatic rings. The molecule has 5 aromatic carbocycles. The van der Waals surface area contributed by atoms with E-state index >= 15 is 0 Å². The second kappa shape index (κ2) is 17.3. The fraction of sp³-hybridized carbons (Fsp3) is 0.318. The minimum atomic E-state index is -3.64. The third-order valence-corrected chi connectivity index (χ3v) is 14.2. The molecule has 3 atom stereocenters. The van der Waals surface area contributed by atoms with Gasteiger partial charge in [-0.1, -0.05) is 140 Å². The molecule has 7 nitrogen and oxygen atoms in total. The van der Waals surface area contributed by atoms with Gasteiger partial charge in [0, 0.05) is 12.6 Å². The summed E-state index contributed by atoms with van der Waals surface area (Å²) in [5, 5.41) is 21.5. The molecule has 0 unspecified atom stereocenters. The lowest BCUT2D eigenvalue weighted by atomic mass is 9.75. The summed E-state index contributed by atoms with van der Waals surface area (Å²) in [5.74, 6) is -0.303. The van der Waals surface area contributed by atoms with Gasteiger partial charge in [0.25, 0.3) is 0 Å². The van der Waals surface area contributed by atoms with Crippen molar-refractivity contribution in [3.8, 4) is 0 Å². The number of nitrogens with zero attached hydrogens (tertiary/aromatic N) is 1. The normalized spacial score (nSPS) is 18.2. The number of likely N-dealkylation sites (tertiary alicyclic amines) is 1. The smallest absolute Gasteiger partial charge is 0.180 e. The Morgan fingerprint density at radius 3 is 1.26 bits per heavy atom. The molecule has 2 aliphatic rings. The molecule has 0 aromatic heterocycles. The summed E-state index contributed by atoms with van der Waals surface area (Å²) in [6.45, 7) is 0.742. The van der Waals surface area contributed by atoms with Crippen LogP contribution in [0.5, 0.6) is 0 Å². The van der Waals surface area contributed by atoms with Gasteiger partial charge in [0.15, 0.2) is 19.7 Å². The molecule has 0 amide bonds. The number of aliphatic hydroxyl groups is 2. The van der Waals surface area contributed by atoms with Crippen LogP contribution in [0.4, 0.5) is 0 Å². The molecule has 1 aliphatic heterocycles. The van der Waals surface area contributed by atoms with E-state index in [0.29, 0.717) is 4.90 Å². The van der Waals surface area contributed by atoms with Crippen LogP contribution in [0.3, 0.4) is 0 Å². The monoisotopic (exact) mass is 751 g/mol. The third-order valence-electron chi connectivity index (χ3n) is 10.7. The molecule has 0 spiro atoms. The van der Waals surface area contributed by atoms with Crippen molar-refractivity contribution >= 4 is 19.7 Å². The largest absolute Gasteiger partial charge is 0.392 e. The van der Waals surface area contributed by atoms with Crippen molar-refractivity contribution in [3.05, 3.63) is 168 Å². The molecule has 7 rings (SSSR count). The standard InChI is InChI=1S/C31H31NO3S.C13H18O3S/c33-30(24-36(34,35)28-20-11-4-12-21-28)29-22-13-23-32(29)31(25-14-5-1-6-15-25,26-16-7-2-8-17-26)27-18-9-3-10-19-27;14-13(11-6-4-5-7-11)10-17(15,16)12-8-2-1-3-9-12/h1-12,14-21,29-30,33H,13,22-24H2;1-3,8-9,11,13-14H,4-7,10H2/t29-,30+;13-/m01/s1. The van der Waals surface area contributed by atoms with Crippen LogP contribution >= 0.6 is 0 Å². The molecule has 1 saturated heterocycles. The molecule has 53 heavy (non-hydrogen) atoms. The van der Waals surface area contributed by atoms with Crippen LogP contribution in [0, 0.1) is 5.92 Å². The quantitative estimate of drug-likeness (QED) is 0.129. The Morgan fingerprint density at radius 2 is 0.868 bits per heavy atom. The number of rotatable bonds is 12. The van der Waals surface area contributed by atoms with Crippen molar-refractivity contribution in [1.29, 1.82) is 0 Å². The maximum atomic E-state index is 13.2. The Labute approximate surface area is 314 Å². The van der Waals surface area contributed by atoms with E-state index in [0.717, 1.165) is 61.8 Å². The van der Waals surface area contributed by atoms with Crippen LogP contribution in [0.1, 0.15) is 55.2 Å². The zero-order valence-electron chi connectivity index (χ0n) is 29.9. The number of hydrogen-bond donors (Lipinski definition) is 2. The van der Waals surface area contributed by atoms with Gasteiger partial charge in [-0.25, -0.2) is 16.8 Å². The lowest BCUT2D eigenvalue weighted by molar-refractivity contribution is 0.0451. The Bertz CT molecular complexity index is 1980. The van der Waals surface area contributed by atoms with Gasteiger partial charge in [0.1, 0.15) is 0 Å². The summed E-state index contributed by atoms with van der Waals surface area (Å²) in [6.07, 6.45) is 3.95. The fourth-order valence-electron chi connectivity index (χ4n) is 8.13. The average Bonchev–Trinajstić information content (AvgIpc) is 3.92. The van der Waals surface area contributed by atoms with Crippen molar-refractivity contribution in [2.45, 2.75) is 72.1 Å². The third kappa shape index (κ3) is 8.82. The summed E-state index contributed by atoms with van der Waals surface area (Å²) >= 11 is 0. The zero-order valence-corrected chi connectivity index (χ0v) is 31.5. The predicted molar refractivity (Wildman–Crippen MR) is 210 cm³/mol.